The van der Waals surface area contributed by atoms with Crippen LogP contribution in [-0.4, -0.2) is 17.7 Å². The monoisotopic (exact) mass is 320 g/mol. The fourth-order valence-electron chi connectivity index (χ4n) is 2.02. The molecule has 0 aliphatic heterocycles. The zero-order valence-corrected chi connectivity index (χ0v) is 12.9. The van der Waals surface area contributed by atoms with Crippen molar-refractivity contribution in [3.05, 3.63) is 64.7 Å². The minimum Gasteiger partial charge on any atom is -0.387 e. The SMILES string of the molecule is Cc1ccc(NC(=O)NCC(O)c2ccc(F)c(F)c2)cc1C. The highest BCUT2D eigenvalue weighted by molar-refractivity contribution is 5.89. The molecule has 0 aromatic heterocycles. The van der Waals surface area contributed by atoms with Crippen LogP contribution in [0.5, 0.6) is 0 Å². The van der Waals surface area contributed by atoms with Crippen molar-refractivity contribution in [2.24, 2.45) is 0 Å². The Kier molecular flexibility index (Phi) is 5.28. The number of carbonyl (C=O) groups excluding carboxylic acids is 1. The molecular formula is C17H18F2N2O2. The molecule has 2 rings (SSSR count). The summed E-state index contributed by atoms with van der Waals surface area (Å²) >= 11 is 0. The number of hydrogen-bond donors (Lipinski definition) is 3. The van der Waals surface area contributed by atoms with Crippen LogP contribution in [-0.2, 0) is 0 Å². The highest BCUT2D eigenvalue weighted by atomic mass is 19.2. The van der Waals surface area contributed by atoms with E-state index in [1.54, 1.807) is 6.07 Å². The Bertz CT molecular complexity index is 720. The van der Waals surface area contributed by atoms with Crippen LogP contribution in [0.3, 0.4) is 0 Å². The predicted molar refractivity (Wildman–Crippen MR) is 84.3 cm³/mol. The molecule has 4 nitrogen and oxygen atoms in total. The average molecular weight is 320 g/mol. The van der Waals surface area contributed by atoms with Crippen LogP contribution in [0.1, 0.15) is 22.8 Å². The largest absolute Gasteiger partial charge is 0.387 e. The number of halogens is 2. The lowest BCUT2D eigenvalue weighted by molar-refractivity contribution is 0.174. The van der Waals surface area contributed by atoms with Gasteiger partial charge in [-0.1, -0.05) is 12.1 Å². The molecule has 2 aromatic carbocycles. The topological polar surface area (TPSA) is 61.4 Å². The average Bonchev–Trinajstić information content (AvgIpc) is 2.51. The van der Waals surface area contributed by atoms with Crippen LogP contribution < -0.4 is 10.6 Å². The van der Waals surface area contributed by atoms with Crippen LogP contribution in [0.15, 0.2) is 36.4 Å². The van der Waals surface area contributed by atoms with Crippen LogP contribution >= 0.6 is 0 Å². The van der Waals surface area contributed by atoms with E-state index in [2.05, 4.69) is 10.6 Å². The first-order chi connectivity index (χ1) is 10.9. The molecule has 2 amide bonds. The summed E-state index contributed by atoms with van der Waals surface area (Å²) in [7, 11) is 0. The fourth-order valence-corrected chi connectivity index (χ4v) is 2.02. The van der Waals surface area contributed by atoms with Gasteiger partial charge in [0.25, 0.3) is 0 Å². The molecule has 0 radical (unpaired) electrons. The first-order valence-electron chi connectivity index (χ1n) is 7.12. The summed E-state index contributed by atoms with van der Waals surface area (Å²) < 4.78 is 26.0. The number of benzene rings is 2. The van der Waals surface area contributed by atoms with Gasteiger partial charge >= 0.3 is 6.03 Å². The number of urea groups is 1. The lowest BCUT2D eigenvalue weighted by Crippen LogP contribution is -2.32. The first-order valence-corrected chi connectivity index (χ1v) is 7.12. The number of carbonyl (C=O) groups is 1. The van der Waals surface area contributed by atoms with Crippen molar-refractivity contribution in [2.45, 2.75) is 20.0 Å². The van der Waals surface area contributed by atoms with E-state index in [0.717, 1.165) is 23.3 Å². The third-order valence-corrected chi connectivity index (χ3v) is 3.55. The molecule has 0 saturated carbocycles. The van der Waals surface area contributed by atoms with Gasteiger partial charge < -0.3 is 15.7 Å². The number of hydrogen-bond acceptors (Lipinski definition) is 2. The van der Waals surface area contributed by atoms with Gasteiger partial charge in [0.1, 0.15) is 0 Å². The molecule has 0 heterocycles. The first kappa shape index (κ1) is 16.9. The van der Waals surface area contributed by atoms with Crippen molar-refractivity contribution < 1.29 is 18.7 Å². The Balaban J connectivity index is 1.90. The van der Waals surface area contributed by atoms with E-state index in [1.807, 2.05) is 26.0 Å². The standard InChI is InChI=1S/C17H18F2N2O2/c1-10-3-5-13(7-11(10)2)21-17(23)20-9-16(22)12-4-6-14(18)15(19)8-12/h3-8,16,22H,9H2,1-2H3,(H2,20,21,23). The molecule has 122 valence electrons. The van der Waals surface area contributed by atoms with Crippen molar-refractivity contribution in [3.63, 3.8) is 0 Å². The second kappa shape index (κ2) is 7.19. The summed E-state index contributed by atoms with van der Waals surface area (Å²) in [6, 6.07) is 8.11. The maximum absolute atomic E-state index is 13.1. The number of nitrogens with one attached hydrogen (secondary N) is 2. The van der Waals surface area contributed by atoms with Crippen LogP contribution in [0.25, 0.3) is 0 Å². The van der Waals surface area contributed by atoms with Crippen LogP contribution in [0.2, 0.25) is 0 Å². The summed E-state index contributed by atoms with van der Waals surface area (Å²) in [6.07, 6.45) is -1.13. The summed E-state index contributed by atoms with van der Waals surface area (Å²) in [5, 5.41) is 15.0. The van der Waals surface area contributed by atoms with Crippen LogP contribution in [0, 0.1) is 25.5 Å². The Morgan fingerprint density at radius 1 is 1.09 bits per heavy atom. The fraction of sp³-hybridized carbons (Fsp3) is 0.235. The Morgan fingerprint density at radius 3 is 2.48 bits per heavy atom. The summed E-state index contributed by atoms with van der Waals surface area (Å²) in [6.45, 7) is 3.78. The third kappa shape index (κ3) is 4.50. The summed E-state index contributed by atoms with van der Waals surface area (Å²) in [5.74, 6) is -2.03. The summed E-state index contributed by atoms with van der Waals surface area (Å²) in [5.41, 5.74) is 2.98. The number of amides is 2. The minimum absolute atomic E-state index is 0.123. The van der Waals surface area contributed by atoms with Gasteiger partial charge in [-0.15, -0.1) is 0 Å². The molecule has 1 atom stereocenters. The number of aliphatic hydroxyl groups excluding tert-OH is 1. The lowest BCUT2D eigenvalue weighted by atomic mass is 10.1. The molecule has 23 heavy (non-hydrogen) atoms. The second-order valence-electron chi connectivity index (χ2n) is 5.32. The second-order valence-corrected chi connectivity index (χ2v) is 5.32. The molecule has 0 fully saturated rings. The normalized spacial score (nSPS) is 11.9. The van der Waals surface area contributed by atoms with E-state index < -0.39 is 23.8 Å². The molecule has 0 spiro atoms. The Labute approximate surface area is 133 Å². The lowest BCUT2D eigenvalue weighted by Gasteiger charge is -2.13. The van der Waals surface area contributed by atoms with E-state index >= 15 is 0 Å². The van der Waals surface area contributed by atoms with E-state index in [0.29, 0.717) is 5.69 Å². The van der Waals surface area contributed by atoms with Gasteiger partial charge in [0.2, 0.25) is 0 Å². The molecule has 2 aromatic rings. The third-order valence-electron chi connectivity index (χ3n) is 3.55. The van der Waals surface area contributed by atoms with Gasteiger partial charge in [-0.25, -0.2) is 13.6 Å². The van der Waals surface area contributed by atoms with Gasteiger partial charge in [0.05, 0.1) is 6.10 Å². The van der Waals surface area contributed by atoms with Crippen molar-refractivity contribution in [1.29, 1.82) is 0 Å². The molecule has 1 unspecified atom stereocenters. The highest BCUT2D eigenvalue weighted by Crippen LogP contribution is 2.16. The quantitative estimate of drug-likeness (QED) is 0.808. The minimum atomic E-state index is -1.13. The van der Waals surface area contributed by atoms with Gasteiger partial charge in [0, 0.05) is 12.2 Å². The Hall–Kier alpha value is -2.47. The zero-order valence-electron chi connectivity index (χ0n) is 12.9. The van der Waals surface area contributed by atoms with Crippen LogP contribution in [0.4, 0.5) is 19.3 Å². The smallest absolute Gasteiger partial charge is 0.319 e. The van der Waals surface area contributed by atoms with Gasteiger partial charge in [-0.3, -0.25) is 0 Å². The number of anilines is 1. The molecule has 0 aliphatic carbocycles. The summed E-state index contributed by atoms with van der Waals surface area (Å²) in [4.78, 5) is 11.8. The molecule has 3 N–H and O–H groups in total. The van der Waals surface area contributed by atoms with Crippen molar-refractivity contribution >= 4 is 11.7 Å². The highest BCUT2D eigenvalue weighted by Gasteiger charge is 2.12. The van der Waals surface area contributed by atoms with Crippen molar-refractivity contribution in [3.8, 4) is 0 Å². The van der Waals surface area contributed by atoms with Crippen molar-refractivity contribution in [2.75, 3.05) is 11.9 Å². The number of aryl methyl sites for hydroxylation is 2. The van der Waals surface area contributed by atoms with Gasteiger partial charge in [-0.2, -0.15) is 0 Å². The van der Waals surface area contributed by atoms with Gasteiger partial charge in [-0.05, 0) is 54.8 Å². The van der Waals surface area contributed by atoms with E-state index in [-0.39, 0.29) is 12.1 Å². The molecule has 6 heteroatoms. The van der Waals surface area contributed by atoms with Crippen molar-refractivity contribution in [1.82, 2.24) is 5.32 Å². The van der Waals surface area contributed by atoms with Gasteiger partial charge in [0.15, 0.2) is 11.6 Å². The zero-order chi connectivity index (χ0) is 17.0. The maximum Gasteiger partial charge on any atom is 0.319 e. The molecular weight excluding hydrogens is 302 g/mol. The molecule has 0 aliphatic rings. The predicted octanol–water partition coefficient (Wildman–Crippen LogP) is 3.44. The maximum atomic E-state index is 13.1. The number of rotatable bonds is 4. The van der Waals surface area contributed by atoms with E-state index in [9.17, 15) is 18.7 Å². The Morgan fingerprint density at radius 2 is 1.83 bits per heavy atom. The van der Waals surface area contributed by atoms with E-state index in [1.165, 1.54) is 6.07 Å². The van der Waals surface area contributed by atoms with E-state index in [4.69, 9.17) is 0 Å². The molecule has 0 bridgehead atoms. The molecule has 0 saturated heterocycles. The number of aliphatic hydroxyl groups is 1.